The first-order valence-electron chi connectivity index (χ1n) is 7.43. The molecule has 0 unspecified atom stereocenters. The molecule has 1 atom stereocenters. The predicted octanol–water partition coefficient (Wildman–Crippen LogP) is 2.59. The van der Waals surface area contributed by atoms with Crippen molar-refractivity contribution < 1.29 is 9.53 Å². The minimum Gasteiger partial charge on any atom is -0.445 e. The quantitative estimate of drug-likeness (QED) is 0.887. The largest absolute Gasteiger partial charge is 0.445 e. The van der Waals surface area contributed by atoms with E-state index in [1.807, 2.05) is 30.3 Å². The van der Waals surface area contributed by atoms with Crippen LogP contribution in [0.4, 0.5) is 4.79 Å². The van der Waals surface area contributed by atoms with Gasteiger partial charge in [-0.2, -0.15) is 0 Å². The Morgan fingerprint density at radius 1 is 1.40 bits per heavy atom. The maximum atomic E-state index is 11.9. The first-order chi connectivity index (χ1) is 9.68. The Morgan fingerprint density at radius 2 is 2.10 bits per heavy atom. The van der Waals surface area contributed by atoms with Gasteiger partial charge in [0.2, 0.25) is 0 Å². The van der Waals surface area contributed by atoms with Crippen LogP contribution in [0, 0.1) is 0 Å². The lowest BCUT2D eigenvalue weighted by molar-refractivity contribution is 0.129. The molecule has 2 saturated heterocycles. The molecule has 0 aliphatic carbocycles. The minimum absolute atomic E-state index is 0.0937. The Kier molecular flexibility index (Phi) is 3.66. The van der Waals surface area contributed by atoms with Gasteiger partial charge in [-0.15, -0.1) is 0 Å². The van der Waals surface area contributed by atoms with Crippen LogP contribution in [0.2, 0.25) is 0 Å². The summed E-state index contributed by atoms with van der Waals surface area (Å²) < 4.78 is 5.28. The normalized spacial score (nSPS) is 29.1. The van der Waals surface area contributed by atoms with E-state index >= 15 is 0 Å². The summed E-state index contributed by atoms with van der Waals surface area (Å²) in [6, 6.07) is 10.5. The van der Waals surface area contributed by atoms with Crippen molar-refractivity contribution in [3.8, 4) is 0 Å². The zero-order chi connectivity index (χ0) is 14.0. The standard InChI is InChI=1S/C16H22N2O2/c1-12(16-9-7-14(18-16)8-10-16)17-15(19)20-11-13-5-3-2-4-6-13/h2-6,12,14,18H,7-11H2,1H3,(H,17,19)/t12-,14?,16?/m1/s1. The van der Waals surface area contributed by atoms with Crippen molar-refractivity contribution >= 4 is 6.09 Å². The van der Waals surface area contributed by atoms with Gasteiger partial charge in [0, 0.05) is 17.6 Å². The molecule has 1 aromatic carbocycles. The van der Waals surface area contributed by atoms with Gasteiger partial charge < -0.3 is 15.4 Å². The van der Waals surface area contributed by atoms with E-state index in [4.69, 9.17) is 4.74 Å². The van der Waals surface area contributed by atoms with E-state index in [1.165, 1.54) is 12.8 Å². The van der Waals surface area contributed by atoms with Crippen molar-refractivity contribution in [3.05, 3.63) is 35.9 Å². The highest BCUT2D eigenvalue weighted by Crippen LogP contribution is 2.39. The van der Waals surface area contributed by atoms with Gasteiger partial charge >= 0.3 is 6.09 Å². The Morgan fingerprint density at radius 3 is 2.70 bits per heavy atom. The molecule has 2 heterocycles. The average molecular weight is 274 g/mol. The van der Waals surface area contributed by atoms with Crippen LogP contribution in [0.1, 0.15) is 38.2 Å². The van der Waals surface area contributed by atoms with Gasteiger partial charge in [0.25, 0.3) is 0 Å². The number of benzene rings is 1. The molecular formula is C16H22N2O2. The van der Waals surface area contributed by atoms with Gasteiger partial charge in [0.15, 0.2) is 0 Å². The first-order valence-corrected chi connectivity index (χ1v) is 7.43. The molecule has 2 bridgehead atoms. The van der Waals surface area contributed by atoms with Gasteiger partial charge in [-0.1, -0.05) is 30.3 Å². The maximum Gasteiger partial charge on any atom is 0.407 e. The third kappa shape index (κ3) is 2.66. The van der Waals surface area contributed by atoms with E-state index in [0.717, 1.165) is 18.4 Å². The average Bonchev–Trinajstić information content (AvgIpc) is 3.08. The summed E-state index contributed by atoms with van der Waals surface area (Å²) in [5.74, 6) is 0. The maximum absolute atomic E-state index is 11.9. The molecule has 3 rings (SSSR count). The van der Waals surface area contributed by atoms with Crippen LogP contribution in [-0.2, 0) is 11.3 Å². The van der Waals surface area contributed by atoms with Crippen molar-refractivity contribution in [2.75, 3.05) is 0 Å². The SMILES string of the molecule is C[C@@H](NC(=O)OCc1ccccc1)C12CCC(CC1)N2. The number of ether oxygens (including phenoxy) is 1. The lowest BCUT2D eigenvalue weighted by Gasteiger charge is -2.33. The van der Waals surface area contributed by atoms with Crippen LogP contribution in [0.15, 0.2) is 30.3 Å². The van der Waals surface area contributed by atoms with Gasteiger partial charge in [-0.25, -0.2) is 4.79 Å². The summed E-state index contributed by atoms with van der Waals surface area (Å²) in [5, 5.41) is 6.64. The molecular weight excluding hydrogens is 252 g/mol. The zero-order valence-electron chi connectivity index (χ0n) is 11.9. The summed E-state index contributed by atoms with van der Waals surface area (Å²) in [6.45, 7) is 2.40. The molecule has 1 aromatic rings. The Bertz CT molecular complexity index is 467. The predicted molar refractivity (Wildman–Crippen MR) is 77.3 cm³/mol. The summed E-state index contributed by atoms with van der Waals surface area (Å²) in [6.07, 6.45) is 4.43. The second kappa shape index (κ2) is 5.44. The number of fused-ring (bicyclic) bond motifs is 2. The van der Waals surface area contributed by atoms with Crippen molar-refractivity contribution in [1.82, 2.24) is 10.6 Å². The van der Waals surface area contributed by atoms with Crippen molar-refractivity contribution in [2.45, 2.75) is 56.8 Å². The highest BCUT2D eigenvalue weighted by Gasteiger charge is 2.48. The van der Waals surface area contributed by atoms with Crippen LogP contribution in [0.25, 0.3) is 0 Å². The van der Waals surface area contributed by atoms with Crippen LogP contribution in [0.5, 0.6) is 0 Å². The summed E-state index contributed by atoms with van der Waals surface area (Å²) >= 11 is 0. The van der Waals surface area contributed by atoms with Crippen LogP contribution < -0.4 is 10.6 Å². The molecule has 4 heteroatoms. The monoisotopic (exact) mass is 274 g/mol. The lowest BCUT2D eigenvalue weighted by atomic mass is 9.83. The topological polar surface area (TPSA) is 50.4 Å². The van der Waals surface area contributed by atoms with E-state index in [2.05, 4.69) is 17.6 Å². The molecule has 2 N–H and O–H groups in total. The van der Waals surface area contributed by atoms with E-state index < -0.39 is 0 Å². The van der Waals surface area contributed by atoms with Crippen molar-refractivity contribution in [2.24, 2.45) is 0 Å². The summed E-state index contributed by atoms with van der Waals surface area (Å²) in [4.78, 5) is 11.9. The molecule has 4 nitrogen and oxygen atoms in total. The number of rotatable bonds is 4. The fourth-order valence-electron chi connectivity index (χ4n) is 3.47. The van der Waals surface area contributed by atoms with Gasteiger partial charge in [0.05, 0.1) is 0 Å². The number of alkyl carbamates (subject to hydrolysis) is 1. The molecule has 1 amide bonds. The lowest BCUT2D eigenvalue weighted by Crippen LogP contribution is -2.54. The Labute approximate surface area is 119 Å². The molecule has 2 fully saturated rings. The molecule has 0 aromatic heterocycles. The van der Waals surface area contributed by atoms with Crippen LogP contribution in [0.3, 0.4) is 0 Å². The fourth-order valence-corrected chi connectivity index (χ4v) is 3.47. The Hall–Kier alpha value is -1.55. The van der Waals surface area contributed by atoms with Crippen molar-refractivity contribution in [3.63, 3.8) is 0 Å². The van der Waals surface area contributed by atoms with E-state index in [0.29, 0.717) is 12.6 Å². The summed E-state index contributed by atoms with van der Waals surface area (Å²) in [5.41, 5.74) is 1.10. The molecule has 2 aliphatic heterocycles. The highest BCUT2D eigenvalue weighted by atomic mass is 16.5. The summed E-state index contributed by atoms with van der Waals surface area (Å²) in [7, 11) is 0. The minimum atomic E-state index is -0.326. The first kappa shape index (κ1) is 13.4. The van der Waals surface area contributed by atoms with E-state index in [1.54, 1.807) is 0 Å². The Balaban J connectivity index is 1.49. The van der Waals surface area contributed by atoms with E-state index in [-0.39, 0.29) is 17.7 Å². The van der Waals surface area contributed by atoms with Crippen LogP contribution in [-0.4, -0.2) is 23.7 Å². The van der Waals surface area contributed by atoms with Gasteiger partial charge in [-0.05, 0) is 38.2 Å². The molecule has 0 radical (unpaired) electrons. The zero-order valence-corrected chi connectivity index (χ0v) is 11.9. The molecule has 0 spiro atoms. The van der Waals surface area contributed by atoms with Crippen LogP contribution >= 0.6 is 0 Å². The number of carbonyl (C=O) groups is 1. The number of carbonyl (C=O) groups excluding carboxylic acids is 1. The fraction of sp³-hybridized carbons (Fsp3) is 0.562. The van der Waals surface area contributed by atoms with Gasteiger partial charge in [0.1, 0.15) is 6.61 Å². The molecule has 0 saturated carbocycles. The number of hydrogen-bond donors (Lipinski definition) is 2. The number of nitrogens with one attached hydrogen (secondary N) is 2. The molecule has 2 aliphatic rings. The molecule has 20 heavy (non-hydrogen) atoms. The third-order valence-electron chi connectivity index (χ3n) is 4.75. The second-order valence-electron chi connectivity index (χ2n) is 6.00. The smallest absolute Gasteiger partial charge is 0.407 e. The van der Waals surface area contributed by atoms with E-state index in [9.17, 15) is 4.79 Å². The third-order valence-corrected chi connectivity index (χ3v) is 4.75. The van der Waals surface area contributed by atoms with Gasteiger partial charge in [-0.3, -0.25) is 0 Å². The second-order valence-corrected chi connectivity index (χ2v) is 6.00. The number of hydrogen-bond acceptors (Lipinski definition) is 3. The number of amides is 1. The van der Waals surface area contributed by atoms with Crippen molar-refractivity contribution in [1.29, 1.82) is 0 Å². The highest BCUT2D eigenvalue weighted by molar-refractivity contribution is 5.67. The molecule has 108 valence electrons.